The highest BCUT2D eigenvalue weighted by atomic mass is 32.2. The van der Waals surface area contributed by atoms with Crippen LogP contribution in [-0.4, -0.2) is 26.4 Å². The monoisotopic (exact) mass is 420 g/mol. The number of thioether (sulfide) groups is 1. The van der Waals surface area contributed by atoms with Gasteiger partial charge in [-0.2, -0.15) is 0 Å². The van der Waals surface area contributed by atoms with Crippen LogP contribution in [0, 0.1) is 0 Å². The molecule has 0 spiro atoms. The number of aryl methyl sites for hydroxylation is 2. The molecule has 30 heavy (non-hydrogen) atoms. The van der Waals surface area contributed by atoms with Gasteiger partial charge in [0.1, 0.15) is 5.82 Å². The molecule has 0 atom stereocenters. The molecule has 0 aliphatic carbocycles. The van der Waals surface area contributed by atoms with E-state index in [-0.39, 0.29) is 11.7 Å². The van der Waals surface area contributed by atoms with Crippen molar-refractivity contribution in [1.82, 2.24) is 14.8 Å². The van der Waals surface area contributed by atoms with Crippen LogP contribution in [0.5, 0.6) is 0 Å². The summed E-state index contributed by atoms with van der Waals surface area (Å²) >= 11 is 1.39. The number of aromatic nitrogens is 3. The maximum absolute atomic E-state index is 12.4. The molecule has 1 heterocycles. The Kier molecular flexibility index (Phi) is 7.85. The fourth-order valence-corrected chi connectivity index (χ4v) is 3.87. The Bertz CT molecular complexity index is 965. The predicted octanol–water partition coefficient (Wildman–Crippen LogP) is 5.10. The number of benzene rings is 2. The summed E-state index contributed by atoms with van der Waals surface area (Å²) in [6, 6.07) is 18.3. The highest BCUT2D eigenvalue weighted by Crippen LogP contribution is 2.20. The number of anilines is 1. The predicted molar refractivity (Wildman–Crippen MR) is 124 cm³/mol. The van der Waals surface area contributed by atoms with Gasteiger partial charge in [-0.05, 0) is 35.6 Å². The van der Waals surface area contributed by atoms with E-state index in [0.717, 1.165) is 29.5 Å². The molecule has 1 N–H and O–H groups in total. The van der Waals surface area contributed by atoms with Crippen molar-refractivity contribution >= 4 is 23.4 Å². The molecule has 0 aliphatic rings. The molecule has 0 saturated carbocycles. The van der Waals surface area contributed by atoms with Gasteiger partial charge in [-0.3, -0.25) is 4.79 Å². The molecule has 2 aromatic carbocycles. The molecule has 3 rings (SSSR count). The lowest BCUT2D eigenvalue weighted by molar-refractivity contribution is -0.113. The summed E-state index contributed by atoms with van der Waals surface area (Å²) in [7, 11) is 0. The topological polar surface area (TPSA) is 59.8 Å². The largest absolute Gasteiger partial charge is 0.325 e. The first-order valence-corrected chi connectivity index (χ1v) is 11.1. The molecular formula is C24H28N4OS. The molecule has 3 aromatic rings. The lowest BCUT2D eigenvalue weighted by Crippen LogP contribution is -2.15. The molecule has 1 aromatic heterocycles. The summed E-state index contributed by atoms with van der Waals surface area (Å²) in [6.45, 7) is 8.77. The summed E-state index contributed by atoms with van der Waals surface area (Å²) in [6.07, 6.45) is 3.52. The Labute approximate surface area is 182 Å². The first-order chi connectivity index (χ1) is 14.6. The van der Waals surface area contributed by atoms with Crippen LogP contribution in [0.3, 0.4) is 0 Å². The third-order valence-electron chi connectivity index (χ3n) is 4.78. The van der Waals surface area contributed by atoms with Crippen LogP contribution in [0.15, 0.2) is 72.4 Å². The third kappa shape index (κ3) is 6.07. The number of nitrogens with zero attached hydrogens (tertiary/aromatic N) is 3. The quantitative estimate of drug-likeness (QED) is 0.366. The van der Waals surface area contributed by atoms with Gasteiger partial charge in [-0.1, -0.05) is 74.1 Å². The number of hydrogen-bond donors (Lipinski definition) is 1. The number of nitrogens with one attached hydrogen (secondary N) is 1. The maximum Gasteiger partial charge on any atom is 0.234 e. The van der Waals surface area contributed by atoms with Crippen molar-refractivity contribution in [2.24, 2.45) is 0 Å². The zero-order valence-corrected chi connectivity index (χ0v) is 18.4. The van der Waals surface area contributed by atoms with Crippen LogP contribution in [-0.2, 0) is 24.2 Å². The van der Waals surface area contributed by atoms with E-state index in [1.807, 2.05) is 53.1 Å². The molecule has 0 unspecified atom stereocenters. The number of rotatable bonds is 10. The second kappa shape index (κ2) is 10.8. The molecule has 156 valence electrons. The van der Waals surface area contributed by atoms with Gasteiger partial charge in [-0.25, -0.2) is 0 Å². The molecule has 6 heteroatoms. The number of carbonyl (C=O) groups is 1. The summed E-state index contributed by atoms with van der Waals surface area (Å²) in [5.74, 6) is 1.60. The molecule has 0 bridgehead atoms. The lowest BCUT2D eigenvalue weighted by Gasteiger charge is -2.09. The Morgan fingerprint density at radius 3 is 2.50 bits per heavy atom. The van der Waals surface area contributed by atoms with Crippen molar-refractivity contribution in [3.63, 3.8) is 0 Å². The van der Waals surface area contributed by atoms with E-state index in [2.05, 4.69) is 48.1 Å². The van der Waals surface area contributed by atoms with E-state index in [4.69, 9.17) is 0 Å². The summed E-state index contributed by atoms with van der Waals surface area (Å²) in [5, 5.41) is 12.3. The molecule has 0 aliphatic heterocycles. The smallest absolute Gasteiger partial charge is 0.234 e. The Morgan fingerprint density at radius 2 is 1.83 bits per heavy atom. The average molecular weight is 421 g/mol. The minimum atomic E-state index is -0.0590. The maximum atomic E-state index is 12.4. The fraction of sp³-hybridized carbons (Fsp3) is 0.292. The second-order valence-corrected chi connectivity index (χ2v) is 8.34. The Morgan fingerprint density at radius 1 is 1.10 bits per heavy atom. The standard InChI is InChI=1S/C24H28N4OS/c1-4-16-28-22(15-10-19-8-6-5-7-9-19)26-27-24(28)30-17-23(29)25-21-13-11-20(12-14-21)18(2)3/h4-9,11-14,18H,1,10,15-17H2,2-3H3,(H,25,29). The van der Waals surface area contributed by atoms with Crippen LogP contribution in [0.25, 0.3) is 0 Å². The first kappa shape index (κ1) is 21.8. The van der Waals surface area contributed by atoms with Crippen LogP contribution in [0.2, 0.25) is 0 Å². The second-order valence-electron chi connectivity index (χ2n) is 7.40. The van der Waals surface area contributed by atoms with E-state index in [0.29, 0.717) is 12.5 Å². The molecule has 0 saturated heterocycles. The molecule has 5 nitrogen and oxygen atoms in total. The number of allylic oxidation sites excluding steroid dienone is 1. The molecule has 1 amide bonds. The van der Waals surface area contributed by atoms with Crippen LogP contribution >= 0.6 is 11.8 Å². The summed E-state index contributed by atoms with van der Waals surface area (Å²) in [4.78, 5) is 12.4. The van der Waals surface area contributed by atoms with Gasteiger partial charge in [0.15, 0.2) is 5.16 Å². The van der Waals surface area contributed by atoms with Gasteiger partial charge in [0.05, 0.1) is 5.75 Å². The van der Waals surface area contributed by atoms with E-state index in [1.165, 1.54) is 22.9 Å². The van der Waals surface area contributed by atoms with Gasteiger partial charge in [0.2, 0.25) is 5.91 Å². The summed E-state index contributed by atoms with van der Waals surface area (Å²) < 4.78 is 2.03. The highest BCUT2D eigenvalue weighted by Gasteiger charge is 2.14. The first-order valence-electron chi connectivity index (χ1n) is 10.2. The minimum absolute atomic E-state index is 0.0590. The zero-order chi connectivity index (χ0) is 21.3. The number of hydrogen-bond acceptors (Lipinski definition) is 4. The number of amides is 1. The van der Waals surface area contributed by atoms with Gasteiger partial charge in [-0.15, -0.1) is 16.8 Å². The third-order valence-corrected chi connectivity index (χ3v) is 5.75. The van der Waals surface area contributed by atoms with Crippen molar-refractivity contribution in [2.45, 2.75) is 44.3 Å². The van der Waals surface area contributed by atoms with Gasteiger partial charge >= 0.3 is 0 Å². The normalized spacial score (nSPS) is 10.9. The van der Waals surface area contributed by atoms with E-state index in [9.17, 15) is 4.79 Å². The van der Waals surface area contributed by atoms with Crippen molar-refractivity contribution in [1.29, 1.82) is 0 Å². The highest BCUT2D eigenvalue weighted by molar-refractivity contribution is 7.99. The molecular weight excluding hydrogens is 392 g/mol. The van der Waals surface area contributed by atoms with Crippen LogP contribution < -0.4 is 5.32 Å². The average Bonchev–Trinajstić information content (AvgIpc) is 3.14. The zero-order valence-electron chi connectivity index (χ0n) is 17.5. The molecule has 0 fully saturated rings. The van der Waals surface area contributed by atoms with E-state index >= 15 is 0 Å². The van der Waals surface area contributed by atoms with Crippen LogP contribution in [0.4, 0.5) is 5.69 Å². The van der Waals surface area contributed by atoms with Crippen molar-refractivity contribution < 1.29 is 4.79 Å². The fourth-order valence-electron chi connectivity index (χ4n) is 3.10. The number of carbonyl (C=O) groups excluding carboxylic acids is 1. The van der Waals surface area contributed by atoms with E-state index < -0.39 is 0 Å². The van der Waals surface area contributed by atoms with Gasteiger partial charge < -0.3 is 9.88 Å². The summed E-state index contributed by atoms with van der Waals surface area (Å²) in [5.41, 5.74) is 3.33. The van der Waals surface area contributed by atoms with Crippen molar-refractivity contribution in [2.75, 3.05) is 11.1 Å². The Hall–Kier alpha value is -2.86. The van der Waals surface area contributed by atoms with Crippen molar-refractivity contribution in [3.8, 4) is 0 Å². The molecule has 0 radical (unpaired) electrons. The van der Waals surface area contributed by atoms with Gasteiger partial charge in [0, 0.05) is 18.7 Å². The van der Waals surface area contributed by atoms with Crippen LogP contribution in [0.1, 0.15) is 36.7 Å². The van der Waals surface area contributed by atoms with Crippen molar-refractivity contribution in [3.05, 3.63) is 84.2 Å². The van der Waals surface area contributed by atoms with E-state index in [1.54, 1.807) is 0 Å². The minimum Gasteiger partial charge on any atom is -0.325 e. The SMILES string of the molecule is C=CCn1c(CCc2ccccc2)nnc1SCC(=O)Nc1ccc(C(C)C)cc1. The van der Waals surface area contributed by atoms with Gasteiger partial charge in [0.25, 0.3) is 0 Å². The lowest BCUT2D eigenvalue weighted by atomic mass is 10.0. The Balaban J connectivity index is 1.58.